The fourth-order valence-electron chi connectivity index (χ4n) is 1.90. The lowest BCUT2D eigenvalue weighted by Gasteiger charge is -2.13. The fraction of sp³-hybridized carbons (Fsp3) is 0.375. The number of hydrogen-bond acceptors (Lipinski definition) is 3. The Hall–Kier alpha value is -2.30. The highest BCUT2D eigenvalue weighted by Crippen LogP contribution is 2.22. The number of para-hydroxylation sites is 1. The van der Waals surface area contributed by atoms with Crippen LogP contribution in [0, 0.1) is 0 Å². The van der Waals surface area contributed by atoms with Crippen LogP contribution in [-0.2, 0) is 0 Å². The Morgan fingerprint density at radius 3 is 2.95 bits per heavy atom. The molecule has 112 valence electrons. The van der Waals surface area contributed by atoms with Crippen LogP contribution in [0.2, 0.25) is 0 Å². The molecule has 1 aromatic heterocycles. The van der Waals surface area contributed by atoms with Crippen molar-refractivity contribution in [3.8, 4) is 5.75 Å². The molecule has 1 heterocycles. The number of carbonyl (C=O) groups is 1. The number of nitrogens with one attached hydrogen (secondary N) is 2. The molecular weight excluding hydrogens is 266 g/mol. The third-order valence-corrected chi connectivity index (χ3v) is 3.23. The number of pyridine rings is 1. The van der Waals surface area contributed by atoms with E-state index in [1.54, 1.807) is 6.20 Å². The minimum Gasteiger partial charge on any atom is -0.489 e. The number of aromatic nitrogens is 1. The molecule has 21 heavy (non-hydrogen) atoms. The van der Waals surface area contributed by atoms with Gasteiger partial charge < -0.3 is 15.4 Å². The molecule has 1 atom stereocenters. The molecule has 5 heteroatoms. The van der Waals surface area contributed by atoms with E-state index in [0.29, 0.717) is 13.2 Å². The van der Waals surface area contributed by atoms with Gasteiger partial charge in [-0.15, -0.1) is 0 Å². The molecule has 2 N–H and O–H groups in total. The summed E-state index contributed by atoms with van der Waals surface area (Å²) in [6, 6.07) is 9.71. The largest absolute Gasteiger partial charge is 0.489 e. The van der Waals surface area contributed by atoms with Gasteiger partial charge in [0, 0.05) is 17.6 Å². The van der Waals surface area contributed by atoms with Gasteiger partial charge in [-0.1, -0.05) is 25.1 Å². The number of urea groups is 1. The highest BCUT2D eigenvalue weighted by Gasteiger charge is 2.05. The minimum absolute atomic E-state index is 0.163. The van der Waals surface area contributed by atoms with E-state index in [1.165, 1.54) is 0 Å². The zero-order valence-corrected chi connectivity index (χ0v) is 12.4. The zero-order valence-electron chi connectivity index (χ0n) is 12.4. The molecule has 0 saturated heterocycles. The number of carbonyl (C=O) groups excluding carboxylic acids is 1. The summed E-state index contributed by atoms with van der Waals surface area (Å²) in [5.74, 6) is 0.734. The second kappa shape index (κ2) is 7.47. The quantitative estimate of drug-likeness (QED) is 0.803. The monoisotopic (exact) mass is 287 g/mol. The highest BCUT2D eigenvalue weighted by molar-refractivity contribution is 5.84. The lowest BCUT2D eigenvalue weighted by atomic mass is 10.2. The van der Waals surface area contributed by atoms with Crippen LogP contribution < -0.4 is 15.4 Å². The van der Waals surface area contributed by atoms with Crippen LogP contribution in [0.5, 0.6) is 5.75 Å². The van der Waals surface area contributed by atoms with Crippen molar-refractivity contribution in [3.05, 3.63) is 36.5 Å². The third kappa shape index (κ3) is 4.34. The van der Waals surface area contributed by atoms with Crippen molar-refractivity contribution in [1.29, 1.82) is 0 Å². The molecule has 0 saturated carbocycles. The molecule has 0 radical (unpaired) electrons. The van der Waals surface area contributed by atoms with E-state index in [0.717, 1.165) is 23.1 Å². The number of rotatable bonds is 6. The zero-order chi connectivity index (χ0) is 15.1. The number of fused-ring (bicyclic) bond motifs is 1. The van der Waals surface area contributed by atoms with Crippen LogP contribution in [0.1, 0.15) is 20.3 Å². The molecule has 0 aliphatic heterocycles. The SMILES string of the molecule is CCC(C)NC(=O)NCCOc1cccc2cccnc12. The molecule has 1 unspecified atom stereocenters. The van der Waals surface area contributed by atoms with Crippen LogP contribution in [0.15, 0.2) is 36.5 Å². The van der Waals surface area contributed by atoms with Crippen molar-refractivity contribution in [1.82, 2.24) is 15.6 Å². The van der Waals surface area contributed by atoms with E-state index in [9.17, 15) is 4.79 Å². The van der Waals surface area contributed by atoms with Crippen LogP contribution in [0.25, 0.3) is 10.9 Å². The second-order valence-corrected chi connectivity index (χ2v) is 4.89. The maximum absolute atomic E-state index is 11.5. The Morgan fingerprint density at radius 1 is 1.33 bits per heavy atom. The van der Waals surface area contributed by atoms with E-state index in [-0.39, 0.29) is 12.1 Å². The van der Waals surface area contributed by atoms with Gasteiger partial charge in [-0.25, -0.2) is 4.79 Å². The summed E-state index contributed by atoms with van der Waals surface area (Å²) in [6.07, 6.45) is 2.65. The summed E-state index contributed by atoms with van der Waals surface area (Å²) in [5.41, 5.74) is 0.837. The van der Waals surface area contributed by atoms with Crippen molar-refractivity contribution < 1.29 is 9.53 Å². The Bertz CT molecular complexity index is 596. The standard InChI is InChI=1S/C16H21N3O2/c1-3-12(2)19-16(20)18-10-11-21-14-8-4-6-13-7-5-9-17-15(13)14/h4-9,12H,3,10-11H2,1-2H3,(H2,18,19,20). The van der Waals surface area contributed by atoms with E-state index in [2.05, 4.69) is 15.6 Å². The first-order valence-corrected chi connectivity index (χ1v) is 7.21. The van der Waals surface area contributed by atoms with Crippen molar-refractivity contribution in [2.45, 2.75) is 26.3 Å². The minimum atomic E-state index is -0.163. The smallest absolute Gasteiger partial charge is 0.315 e. The summed E-state index contributed by atoms with van der Waals surface area (Å²) >= 11 is 0. The lowest BCUT2D eigenvalue weighted by Crippen LogP contribution is -2.41. The van der Waals surface area contributed by atoms with Gasteiger partial charge >= 0.3 is 6.03 Å². The van der Waals surface area contributed by atoms with Gasteiger partial charge in [0.2, 0.25) is 0 Å². The van der Waals surface area contributed by atoms with Gasteiger partial charge in [0.25, 0.3) is 0 Å². The molecule has 0 aliphatic rings. The molecular formula is C16H21N3O2. The van der Waals surface area contributed by atoms with Gasteiger partial charge in [0.15, 0.2) is 0 Å². The number of benzene rings is 1. The van der Waals surface area contributed by atoms with Crippen LogP contribution >= 0.6 is 0 Å². The molecule has 0 spiro atoms. The summed E-state index contributed by atoms with van der Waals surface area (Å²) in [7, 11) is 0. The third-order valence-electron chi connectivity index (χ3n) is 3.23. The molecule has 0 aliphatic carbocycles. The number of amides is 2. The normalized spacial score (nSPS) is 11.9. The summed E-state index contributed by atoms with van der Waals surface area (Å²) in [5, 5.41) is 6.65. The molecule has 0 bridgehead atoms. The first-order chi connectivity index (χ1) is 10.2. The van der Waals surface area contributed by atoms with E-state index >= 15 is 0 Å². The highest BCUT2D eigenvalue weighted by atomic mass is 16.5. The van der Waals surface area contributed by atoms with Crippen molar-refractivity contribution in [2.24, 2.45) is 0 Å². The molecule has 1 aromatic carbocycles. The number of ether oxygens (including phenoxy) is 1. The van der Waals surface area contributed by atoms with Gasteiger partial charge in [-0.2, -0.15) is 0 Å². The van der Waals surface area contributed by atoms with Crippen molar-refractivity contribution in [3.63, 3.8) is 0 Å². The maximum Gasteiger partial charge on any atom is 0.315 e. The van der Waals surface area contributed by atoms with Gasteiger partial charge in [0.1, 0.15) is 17.9 Å². The number of nitrogens with zero attached hydrogens (tertiary/aromatic N) is 1. The predicted molar refractivity (Wildman–Crippen MR) is 83.5 cm³/mol. The van der Waals surface area contributed by atoms with Crippen LogP contribution in [0.3, 0.4) is 0 Å². The van der Waals surface area contributed by atoms with Gasteiger partial charge in [0.05, 0.1) is 6.54 Å². The van der Waals surface area contributed by atoms with E-state index in [1.807, 2.05) is 44.2 Å². The predicted octanol–water partition coefficient (Wildman–Crippen LogP) is 2.71. The fourth-order valence-corrected chi connectivity index (χ4v) is 1.90. The first kappa shape index (κ1) is 15.1. The first-order valence-electron chi connectivity index (χ1n) is 7.21. The molecule has 2 amide bonds. The van der Waals surface area contributed by atoms with Crippen LogP contribution in [0.4, 0.5) is 4.79 Å². The lowest BCUT2D eigenvalue weighted by molar-refractivity contribution is 0.233. The van der Waals surface area contributed by atoms with Gasteiger partial charge in [-0.3, -0.25) is 4.98 Å². The average molecular weight is 287 g/mol. The molecule has 2 aromatic rings. The Morgan fingerprint density at radius 2 is 2.14 bits per heavy atom. The Kier molecular flexibility index (Phi) is 5.37. The Balaban J connectivity index is 1.82. The molecule has 2 rings (SSSR count). The topological polar surface area (TPSA) is 63.2 Å². The maximum atomic E-state index is 11.5. The van der Waals surface area contributed by atoms with Gasteiger partial charge in [-0.05, 0) is 25.5 Å². The average Bonchev–Trinajstić information content (AvgIpc) is 2.51. The molecule has 0 fully saturated rings. The van der Waals surface area contributed by atoms with Crippen LogP contribution in [-0.4, -0.2) is 30.2 Å². The van der Waals surface area contributed by atoms with Crippen molar-refractivity contribution >= 4 is 16.9 Å². The summed E-state index contributed by atoms with van der Waals surface area (Å²) in [6.45, 7) is 4.86. The van der Waals surface area contributed by atoms with E-state index < -0.39 is 0 Å². The summed E-state index contributed by atoms with van der Waals surface area (Å²) in [4.78, 5) is 15.9. The van der Waals surface area contributed by atoms with E-state index in [4.69, 9.17) is 4.74 Å². The summed E-state index contributed by atoms with van der Waals surface area (Å²) < 4.78 is 5.70. The second-order valence-electron chi connectivity index (χ2n) is 4.89. The molecule has 5 nitrogen and oxygen atoms in total. The van der Waals surface area contributed by atoms with Crippen molar-refractivity contribution in [2.75, 3.05) is 13.2 Å². The Labute approximate surface area is 124 Å². The number of hydrogen-bond donors (Lipinski definition) is 2.